The molecule has 0 saturated carbocycles. The summed E-state index contributed by atoms with van der Waals surface area (Å²) in [6.45, 7) is 1.08. The predicted molar refractivity (Wildman–Crippen MR) is 107 cm³/mol. The van der Waals surface area contributed by atoms with E-state index in [1.807, 2.05) is 17.5 Å². The van der Waals surface area contributed by atoms with Gasteiger partial charge in [-0.05, 0) is 48.1 Å². The van der Waals surface area contributed by atoms with Gasteiger partial charge in [0, 0.05) is 19.2 Å². The Bertz CT molecular complexity index is 1030. The fourth-order valence-electron chi connectivity index (χ4n) is 3.56. The van der Waals surface area contributed by atoms with Crippen molar-refractivity contribution in [3.63, 3.8) is 0 Å². The van der Waals surface area contributed by atoms with Crippen molar-refractivity contribution in [2.24, 2.45) is 0 Å². The summed E-state index contributed by atoms with van der Waals surface area (Å²) >= 11 is 1.57. The fraction of sp³-hybridized carbons (Fsp3) is 0.286. The van der Waals surface area contributed by atoms with E-state index in [-0.39, 0.29) is 29.7 Å². The topological polar surface area (TPSA) is 55.2 Å². The van der Waals surface area contributed by atoms with E-state index in [0.29, 0.717) is 18.7 Å². The summed E-state index contributed by atoms with van der Waals surface area (Å²) in [5.41, 5.74) is 1.25. The molecule has 4 rings (SSSR count). The fourth-order valence-corrected chi connectivity index (χ4v) is 4.25. The summed E-state index contributed by atoms with van der Waals surface area (Å²) < 4.78 is 14.9. The van der Waals surface area contributed by atoms with Gasteiger partial charge in [-0.25, -0.2) is 9.07 Å². The van der Waals surface area contributed by atoms with Crippen LogP contribution in [0.1, 0.15) is 24.4 Å². The molecule has 5 nitrogen and oxygen atoms in total. The SMILES string of the molecule is O=C(Cc1cccc(F)c1)N1CCC[C@@H](n2nc(-c3cccs3)ccc2=O)C1. The molecule has 1 saturated heterocycles. The largest absolute Gasteiger partial charge is 0.340 e. The molecule has 1 aliphatic rings. The van der Waals surface area contributed by atoms with Crippen molar-refractivity contribution in [1.82, 2.24) is 14.7 Å². The summed E-state index contributed by atoms with van der Waals surface area (Å²) in [5.74, 6) is -0.402. The van der Waals surface area contributed by atoms with Crippen molar-refractivity contribution in [1.29, 1.82) is 0 Å². The van der Waals surface area contributed by atoms with Gasteiger partial charge in [0.2, 0.25) is 5.91 Å². The number of hydrogen-bond acceptors (Lipinski definition) is 4. The maximum Gasteiger partial charge on any atom is 0.267 e. The number of rotatable bonds is 4. The van der Waals surface area contributed by atoms with Crippen LogP contribution in [-0.2, 0) is 11.2 Å². The van der Waals surface area contributed by atoms with Crippen LogP contribution < -0.4 is 5.56 Å². The van der Waals surface area contributed by atoms with E-state index in [1.54, 1.807) is 34.4 Å². The minimum Gasteiger partial charge on any atom is -0.340 e. The van der Waals surface area contributed by atoms with Crippen molar-refractivity contribution >= 4 is 17.2 Å². The maximum atomic E-state index is 13.4. The van der Waals surface area contributed by atoms with E-state index < -0.39 is 0 Å². The molecule has 0 bridgehead atoms. The molecule has 0 aliphatic carbocycles. The van der Waals surface area contributed by atoms with Crippen molar-refractivity contribution in [2.75, 3.05) is 13.1 Å². The van der Waals surface area contributed by atoms with Gasteiger partial charge >= 0.3 is 0 Å². The number of carbonyl (C=O) groups excluding carboxylic acids is 1. The van der Waals surface area contributed by atoms with Crippen LogP contribution >= 0.6 is 11.3 Å². The molecule has 7 heteroatoms. The highest BCUT2D eigenvalue weighted by molar-refractivity contribution is 7.13. The first kappa shape index (κ1) is 18.6. The molecule has 0 unspecified atom stereocenters. The third-order valence-electron chi connectivity index (χ3n) is 4.94. The molecule has 1 atom stereocenters. The van der Waals surface area contributed by atoms with Gasteiger partial charge < -0.3 is 4.90 Å². The van der Waals surface area contributed by atoms with E-state index in [0.717, 1.165) is 23.4 Å². The van der Waals surface area contributed by atoms with Crippen molar-refractivity contribution in [3.05, 3.63) is 75.6 Å². The Labute approximate surface area is 166 Å². The third-order valence-corrected chi connectivity index (χ3v) is 5.83. The van der Waals surface area contributed by atoms with Gasteiger partial charge in [-0.3, -0.25) is 9.59 Å². The Kier molecular flexibility index (Phi) is 5.34. The lowest BCUT2D eigenvalue weighted by Crippen LogP contribution is -2.44. The van der Waals surface area contributed by atoms with E-state index in [1.165, 1.54) is 22.9 Å². The smallest absolute Gasteiger partial charge is 0.267 e. The maximum absolute atomic E-state index is 13.4. The number of nitrogens with zero attached hydrogens (tertiary/aromatic N) is 3. The Morgan fingerprint density at radius 2 is 2.11 bits per heavy atom. The number of amides is 1. The molecule has 28 heavy (non-hydrogen) atoms. The number of hydrogen-bond donors (Lipinski definition) is 0. The van der Waals surface area contributed by atoms with E-state index >= 15 is 0 Å². The number of carbonyl (C=O) groups is 1. The van der Waals surface area contributed by atoms with Crippen LogP contribution in [0.5, 0.6) is 0 Å². The van der Waals surface area contributed by atoms with Gasteiger partial charge in [-0.2, -0.15) is 5.10 Å². The zero-order valence-corrected chi connectivity index (χ0v) is 16.1. The lowest BCUT2D eigenvalue weighted by atomic mass is 10.0. The second-order valence-electron chi connectivity index (χ2n) is 6.92. The monoisotopic (exact) mass is 397 g/mol. The van der Waals surface area contributed by atoms with E-state index in [4.69, 9.17) is 0 Å². The predicted octanol–water partition coefficient (Wildman–Crippen LogP) is 3.52. The Morgan fingerprint density at radius 1 is 1.21 bits per heavy atom. The highest BCUT2D eigenvalue weighted by Gasteiger charge is 2.26. The lowest BCUT2D eigenvalue weighted by Gasteiger charge is -2.33. The Morgan fingerprint density at radius 3 is 2.89 bits per heavy atom. The molecular weight excluding hydrogens is 377 g/mol. The Balaban J connectivity index is 1.51. The molecule has 0 N–H and O–H groups in total. The van der Waals surface area contributed by atoms with Crippen molar-refractivity contribution in [2.45, 2.75) is 25.3 Å². The first-order valence-electron chi connectivity index (χ1n) is 9.26. The zero-order valence-electron chi connectivity index (χ0n) is 15.3. The summed E-state index contributed by atoms with van der Waals surface area (Å²) in [4.78, 5) is 27.9. The quantitative estimate of drug-likeness (QED) is 0.677. The number of likely N-dealkylation sites (tertiary alicyclic amines) is 1. The van der Waals surface area contributed by atoms with Gasteiger partial charge in [0.15, 0.2) is 0 Å². The van der Waals surface area contributed by atoms with Gasteiger partial charge in [0.05, 0.1) is 17.3 Å². The number of benzene rings is 1. The van der Waals surface area contributed by atoms with Crippen LogP contribution in [0.15, 0.2) is 58.7 Å². The van der Waals surface area contributed by atoms with Crippen LogP contribution in [0.4, 0.5) is 4.39 Å². The summed E-state index contributed by atoms with van der Waals surface area (Å²) in [6.07, 6.45) is 1.75. The normalized spacial score (nSPS) is 16.9. The van der Waals surface area contributed by atoms with E-state index in [2.05, 4.69) is 5.10 Å². The minimum atomic E-state index is -0.344. The molecule has 1 amide bonds. The standard InChI is InChI=1S/C21H20FN3O2S/c22-16-5-1-4-15(12-16)13-21(27)24-10-2-6-17(14-24)25-20(26)9-8-18(23-25)19-7-3-11-28-19/h1,3-5,7-9,11-12,17H,2,6,10,13-14H2/t17-/m1/s1. The van der Waals surface area contributed by atoms with Gasteiger partial charge in [-0.1, -0.05) is 18.2 Å². The van der Waals surface area contributed by atoms with Crippen LogP contribution in [-0.4, -0.2) is 33.7 Å². The average molecular weight is 397 g/mol. The number of aromatic nitrogens is 2. The molecule has 1 aromatic carbocycles. The number of piperidine rings is 1. The second kappa shape index (κ2) is 8.06. The second-order valence-corrected chi connectivity index (χ2v) is 7.87. The van der Waals surface area contributed by atoms with Crippen LogP contribution in [0.3, 0.4) is 0 Å². The molecule has 144 valence electrons. The molecule has 1 aliphatic heterocycles. The number of thiophene rings is 1. The van der Waals surface area contributed by atoms with Gasteiger partial charge in [0.1, 0.15) is 11.5 Å². The van der Waals surface area contributed by atoms with Crippen LogP contribution in [0.2, 0.25) is 0 Å². The first-order chi connectivity index (χ1) is 13.6. The van der Waals surface area contributed by atoms with Crippen molar-refractivity contribution in [3.8, 4) is 10.6 Å². The molecule has 2 aromatic heterocycles. The zero-order chi connectivity index (χ0) is 19.5. The summed E-state index contributed by atoms with van der Waals surface area (Å²) in [7, 11) is 0. The van der Waals surface area contributed by atoms with Crippen LogP contribution in [0.25, 0.3) is 10.6 Å². The number of halogens is 1. The van der Waals surface area contributed by atoms with Crippen molar-refractivity contribution < 1.29 is 9.18 Å². The highest BCUT2D eigenvalue weighted by atomic mass is 32.1. The van der Waals surface area contributed by atoms with Crippen LogP contribution in [0, 0.1) is 5.82 Å². The van der Waals surface area contributed by atoms with E-state index in [9.17, 15) is 14.0 Å². The molecule has 0 spiro atoms. The minimum absolute atomic E-state index is 0.0576. The summed E-state index contributed by atoms with van der Waals surface area (Å²) in [5, 5.41) is 6.53. The lowest BCUT2D eigenvalue weighted by molar-refractivity contribution is -0.132. The third kappa shape index (κ3) is 4.04. The Hall–Kier alpha value is -2.80. The first-order valence-corrected chi connectivity index (χ1v) is 10.1. The molecular formula is C21H20FN3O2S. The molecule has 3 aromatic rings. The van der Waals surface area contributed by atoms with Gasteiger partial charge in [0.25, 0.3) is 5.56 Å². The average Bonchev–Trinajstić information content (AvgIpc) is 3.23. The molecule has 1 fully saturated rings. The summed E-state index contributed by atoms with van der Waals surface area (Å²) in [6, 6.07) is 13.1. The highest BCUT2D eigenvalue weighted by Crippen LogP contribution is 2.24. The molecule has 3 heterocycles. The van der Waals surface area contributed by atoms with Gasteiger partial charge in [-0.15, -0.1) is 11.3 Å². The molecule has 0 radical (unpaired) electrons.